The Labute approximate surface area is 175 Å². The van der Waals surface area contributed by atoms with Gasteiger partial charge in [-0.3, -0.25) is 0 Å². The lowest BCUT2D eigenvalue weighted by Gasteiger charge is -2.58. The van der Waals surface area contributed by atoms with Crippen LogP contribution in [0.15, 0.2) is 11.6 Å². The third-order valence-electron chi connectivity index (χ3n) is 10.3. The number of allylic oxidation sites excluding steroid dienone is 1. The Morgan fingerprint density at radius 3 is 2.54 bits per heavy atom. The van der Waals surface area contributed by atoms with E-state index in [4.69, 9.17) is 5.73 Å². The first-order chi connectivity index (χ1) is 13.3. The van der Waals surface area contributed by atoms with Gasteiger partial charge in [0.2, 0.25) is 0 Å². The minimum atomic E-state index is 0.423. The average Bonchev–Trinajstić information content (AvgIpc) is 2.99. The van der Waals surface area contributed by atoms with Crippen molar-refractivity contribution >= 4 is 0 Å². The summed E-state index contributed by atoms with van der Waals surface area (Å²) in [6.07, 6.45) is 18.1. The highest BCUT2D eigenvalue weighted by Gasteiger charge is 2.58. The molecule has 0 aromatic rings. The summed E-state index contributed by atoms with van der Waals surface area (Å²) in [5, 5.41) is 0. The Hall–Kier alpha value is -0.300. The molecule has 1 nitrogen and oxygen atoms in total. The van der Waals surface area contributed by atoms with Crippen LogP contribution in [0.4, 0.5) is 0 Å². The maximum atomic E-state index is 6.34. The van der Waals surface area contributed by atoms with E-state index in [2.05, 4.69) is 40.7 Å². The van der Waals surface area contributed by atoms with Gasteiger partial charge >= 0.3 is 0 Å². The fraction of sp³-hybridized carbons (Fsp3) is 0.926. The molecule has 160 valence electrons. The number of nitrogens with two attached hydrogens (primary N) is 1. The lowest BCUT2D eigenvalue weighted by atomic mass is 9.47. The van der Waals surface area contributed by atoms with Crippen molar-refractivity contribution in [3.8, 4) is 0 Å². The number of rotatable bonds is 5. The minimum absolute atomic E-state index is 0.423. The van der Waals surface area contributed by atoms with Gasteiger partial charge in [-0.05, 0) is 97.7 Å². The maximum Gasteiger partial charge on any atom is 0.00766 e. The van der Waals surface area contributed by atoms with Crippen molar-refractivity contribution in [2.75, 3.05) is 0 Å². The average molecular weight is 386 g/mol. The van der Waals surface area contributed by atoms with Crippen LogP contribution in [-0.2, 0) is 0 Å². The lowest BCUT2D eigenvalue weighted by Crippen LogP contribution is -2.51. The molecule has 1 heteroatoms. The number of fused-ring (bicyclic) bond motifs is 5. The summed E-state index contributed by atoms with van der Waals surface area (Å²) in [6, 6.07) is 0.423. The Morgan fingerprint density at radius 1 is 1.00 bits per heavy atom. The van der Waals surface area contributed by atoms with E-state index in [-0.39, 0.29) is 0 Å². The SMILES string of the molecule is CC(C)CCC[C@@H](C)C1CCC2C3CC=C4CC(N)CCC4(C)C3CCC21C. The Kier molecular flexibility index (Phi) is 5.80. The first-order valence-electron chi connectivity index (χ1n) is 12.7. The lowest BCUT2D eigenvalue weighted by molar-refractivity contribution is -0.0508. The van der Waals surface area contributed by atoms with E-state index in [0.29, 0.717) is 16.9 Å². The molecule has 0 amide bonds. The molecule has 4 rings (SSSR count). The van der Waals surface area contributed by atoms with Gasteiger partial charge in [-0.25, -0.2) is 0 Å². The highest BCUT2D eigenvalue weighted by atomic mass is 14.7. The predicted octanol–water partition coefficient (Wildman–Crippen LogP) is 7.36. The van der Waals surface area contributed by atoms with E-state index in [9.17, 15) is 0 Å². The molecular formula is C27H47N. The van der Waals surface area contributed by atoms with Crippen molar-refractivity contribution in [1.82, 2.24) is 0 Å². The Bertz CT molecular complexity index is 591. The van der Waals surface area contributed by atoms with Crippen LogP contribution in [0.2, 0.25) is 0 Å². The largest absolute Gasteiger partial charge is 0.327 e. The van der Waals surface area contributed by atoms with Gasteiger partial charge in [0, 0.05) is 6.04 Å². The standard InChI is InChI=1S/C27H47N/c1-18(2)7-6-8-19(3)23-11-12-24-22-10-9-20-17-21(28)13-15-26(20,4)25(22)14-16-27(23,24)5/h9,18-19,21-25H,6-8,10-17,28H2,1-5H3/t19-,21?,22?,23?,24?,25?,26?,27?/m1/s1. The molecule has 3 saturated carbocycles. The molecule has 0 aliphatic heterocycles. The molecule has 0 saturated heterocycles. The third kappa shape index (κ3) is 3.42. The maximum absolute atomic E-state index is 6.34. The van der Waals surface area contributed by atoms with Gasteiger partial charge in [0.05, 0.1) is 0 Å². The number of hydrogen-bond acceptors (Lipinski definition) is 1. The molecule has 4 aliphatic rings. The van der Waals surface area contributed by atoms with E-state index < -0.39 is 0 Å². The molecule has 8 atom stereocenters. The summed E-state index contributed by atoms with van der Waals surface area (Å²) >= 11 is 0. The fourth-order valence-corrected chi connectivity index (χ4v) is 8.71. The van der Waals surface area contributed by atoms with Gasteiger partial charge in [0.15, 0.2) is 0 Å². The van der Waals surface area contributed by atoms with Crippen LogP contribution in [-0.4, -0.2) is 6.04 Å². The predicted molar refractivity (Wildman–Crippen MR) is 121 cm³/mol. The van der Waals surface area contributed by atoms with E-state index in [1.165, 1.54) is 70.6 Å². The van der Waals surface area contributed by atoms with Gasteiger partial charge in [-0.2, -0.15) is 0 Å². The van der Waals surface area contributed by atoms with Crippen molar-refractivity contribution in [1.29, 1.82) is 0 Å². The van der Waals surface area contributed by atoms with Crippen molar-refractivity contribution < 1.29 is 0 Å². The van der Waals surface area contributed by atoms with Crippen LogP contribution >= 0.6 is 0 Å². The Balaban J connectivity index is 1.49. The van der Waals surface area contributed by atoms with E-state index in [1.807, 2.05) is 0 Å². The van der Waals surface area contributed by atoms with Crippen molar-refractivity contribution in [2.45, 2.75) is 111 Å². The zero-order valence-electron chi connectivity index (χ0n) is 19.5. The van der Waals surface area contributed by atoms with Gasteiger partial charge in [-0.1, -0.05) is 65.5 Å². The first-order valence-corrected chi connectivity index (χ1v) is 12.7. The zero-order chi connectivity index (χ0) is 20.1. The van der Waals surface area contributed by atoms with Crippen LogP contribution in [0.25, 0.3) is 0 Å². The zero-order valence-corrected chi connectivity index (χ0v) is 19.5. The molecular weight excluding hydrogens is 338 g/mol. The van der Waals surface area contributed by atoms with Crippen LogP contribution in [0.5, 0.6) is 0 Å². The topological polar surface area (TPSA) is 26.0 Å². The van der Waals surface area contributed by atoms with Gasteiger partial charge in [-0.15, -0.1) is 0 Å². The van der Waals surface area contributed by atoms with Crippen LogP contribution in [0, 0.1) is 46.3 Å². The molecule has 0 bridgehead atoms. The molecule has 0 heterocycles. The molecule has 0 aromatic heterocycles. The van der Waals surface area contributed by atoms with E-state index >= 15 is 0 Å². The van der Waals surface area contributed by atoms with E-state index in [1.54, 1.807) is 5.57 Å². The van der Waals surface area contributed by atoms with Crippen molar-refractivity contribution in [2.24, 2.45) is 52.1 Å². The minimum Gasteiger partial charge on any atom is -0.327 e. The molecule has 28 heavy (non-hydrogen) atoms. The second-order valence-electron chi connectivity index (χ2n) is 12.3. The summed E-state index contributed by atoms with van der Waals surface area (Å²) in [4.78, 5) is 0. The van der Waals surface area contributed by atoms with Crippen LogP contribution < -0.4 is 5.73 Å². The molecule has 0 radical (unpaired) electrons. The monoisotopic (exact) mass is 385 g/mol. The molecule has 7 unspecified atom stereocenters. The van der Waals surface area contributed by atoms with Crippen LogP contribution in [0.1, 0.15) is 105 Å². The van der Waals surface area contributed by atoms with E-state index in [0.717, 1.165) is 35.5 Å². The normalized spacial score (nSPS) is 46.5. The molecule has 0 spiro atoms. The highest BCUT2D eigenvalue weighted by Crippen LogP contribution is 2.67. The van der Waals surface area contributed by atoms with Crippen molar-refractivity contribution in [3.05, 3.63) is 11.6 Å². The molecule has 3 fully saturated rings. The summed E-state index contributed by atoms with van der Waals surface area (Å²) in [6.45, 7) is 12.7. The van der Waals surface area contributed by atoms with Crippen LogP contribution in [0.3, 0.4) is 0 Å². The smallest absolute Gasteiger partial charge is 0.00766 e. The second-order valence-corrected chi connectivity index (χ2v) is 12.3. The fourth-order valence-electron chi connectivity index (χ4n) is 8.71. The Morgan fingerprint density at radius 2 is 1.79 bits per heavy atom. The first kappa shape index (κ1) is 21.0. The van der Waals surface area contributed by atoms with Gasteiger partial charge in [0.1, 0.15) is 0 Å². The summed E-state index contributed by atoms with van der Waals surface area (Å²) in [7, 11) is 0. The van der Waals surface area contributed by atoms with Gasteiger partial charge in [0.25, 0.3) is 0 Å². The van der Waals surface area contributed by atoms with Gasteiger partial charge < -0.3 is 5.73 Å². The third-order valence-corrected chi connectivity index (χ3v) is 10.3. The quantitative estimate of drug-likeness (QED) is 0.492. The number of hydrogen-bond donors (Lipinski definition) is 1. The second kappa shape index (κ2) is 7.75. The van der Waals surface area contributed by atoms with Crippen molar-refractivity contribution in [3.63, 3.8) is 0 Å². The molecule has 0 aromatic carbocycles. The summed E-state index contributed by atoms with van der Waals surface area (Å²) in [5.74, 6) is 5.63. The summed E-state index contributed by atoms with van der Waals surface area (Å²) in [5.41, 5.74) is 9.18. The molecule has 4 aliphatic carbocycles. The molecule has 2 N–H and O–H groups in total. The summed E-state index contributed by atoms with van der Waals surface area (Å²) < 4.78 is 0. The highest BCUT2D eigenvalue weighted by molar-refractivity contribution is 5.25.